The molecule has 1 atom stereocenters. The van der Waals surface area contributed by atoms with Gasteiger partial charge < -0.3 is 21.1 Å². The average molecular weight is 376 g/mol. The molecular weight excluding hydrogens is 358 g/mol. The maximum absolute atomic E-state index is 12.1. The zero-order valence-electron chi connectivity index (χ0n) is 14.0. The van der Waals surface area contributed by atoms with E-state index in [1.807, 2.05) is 6.07 Å². The number of urea groups is 1. The Balaban J connectivity index is 2.01. The molecule has 0 aliphatic heterocycles. The van der Waals surface area contributed by atoms with Gasteiger partial charge in [0.25, 0.3) is 0 Å². The molecule has 0 aliphatic carbocycles. The van der Waals surface area contributed by atoms with Gasteiger partial charge in [-0.05, 0) is 23.8 Å². The van der Waals surface area contributed by atoms with Crippen LogP contribution in [0.4, 0.5) is 10.5 Å². The molecule has 0 aromatic heterocycles. The molecule has 0 saturated carbocycles. The quantitative estimate of drug-likeness (QED) is 0.673. The molecule has 26 heavy (non-hydrogen) atoms. The number of primary amides is 1. The van der Waals surface area contributed by atoms with E-state index >= 15 is 0 Å². The predicted octanol–water partition coefficient (Wildman–Crippen LogP) is 2.52. The summed E-state index contributed by atoms with van der Waals surface area (Å²) in [7, 11) is 1.29. The molecule has 4 N–H and O–H groups in total. The lowest BCUT2D eigenvalue weighted by Gasteiger charge is -2.16. The molecule has 0 heterocycles. The first-order valence-corrected chi connectivity index (χ1v) is 8.07. The van der Waals surface area contributed by atoms with Crippen molar-refractivity contribution in [3.8, 4) is 0 Å². The van der Waals surface area contributed by atoms with Gasteiger partial charge in [-0.2, -0.15) is 0 Å². The molecule has 3 amide bonds. The summed E-state index contributed by atoms with van der Waals surface area (Å²) in [5.41, 5.74) is 6.45. The molecule has 2 aromatic carbocycles. The first-order chi connectivity index (χ1) is 12.4. The number of anilines is 1. The minimum Gasteiger partial charge on any atom is -0.468 e. The number of hydrogen-bond donors (Lipinski definition) is 3. The van der Waals surface area contributed by atoms with Crippen molar-refractivity contribution in [3.63, 3.8) is 0 Å². The minimum absolute atomic E-state index is 0.0512. The smallest absolute Gasteiger partial charge is 0.319 e. The van der Waals surface area contributed by atoms with Crippen LogP contribution in [0.3, 0.4) is 0 Å². The van der Waals surface area contributed by atoms with Crippen molar-refractivity contribution in [2.75, 3.05) is 19.0 Å². The number of carbonyl (C=O) groups is 3. The van der Waals surface area contributed by atoms with Crippen molar-refractivity contribution >= 4 is 35.2 Å². The van der Waals surface area contributed by atoms with E-state index in [1.54, 1.807) is 24.3 Å². The Kier molecular flexibility index (Phi) is 6.57. The number of methoxy groups -OCH3 is 1. The zero-order valence-corrected chi connectivity index (χ0v) is 14.7. The van der Waals surface area contributed by atoms with Crippen molar-refractivity contribution in [2.24, 2.45) is 5.73 Å². The van der Waals surface area contributed by atoms with Crippen molar-refractivity contribution in [1.29, 1.82) is 0 Å². The van der Waals surface area contributed by atoms with E-state index in [0.717, 1.165) is 5.56 Å². The summed E-state index contributed by atoms with van der Waals surface area (Å²) >= 11 is 5.94. The van der Waals surface area contributed by atoms with Gasteiger partial charge in [-0.25, -0.2) is 4.79 Å². The fraction of sp³-hybridized carbons (Fsp3) is 0.167. The predicted molar refractivity (Wildman–Crippen MR) is 98.2 cm³/mol. The number of nitrogens with two attached hydrogens (primary N) is 1. The molecule has 0 saturated heterocycles. The maximum Gasteiger partial charge on any atom is 0.319 e. The Labute approximate surface area is 155 Å². The highest BCUT2D eigenvalue weighted by atomic mass is 35.5. The number of nitrogens with one attached hydrogen (secondary N) is 2. The Bertz CT molecular complexity index is 811. The van der Waals surface area contributed by atoms with Gasteiger partial charge in [-0.1, -0.05) is 41.9 Å². The van der Waals surface area contributed by atoms with Crippen LogP contribution in [0.1, 0.15) is 21.8 Å². The molecule has 0 aliphatic rings. The lowest BCUT2D eigenvalue weighted by Crippen LogP contribution is -2.35. The van der Waals surface area contributed by atoms with Crippen LogP contribution >= 0.6 is 11.6 Å². The van der Waals surface area contributed by atoms with Crippen molar-refractivity contribution in [1.82, 2.24) is 5.32 Å². The SMILES string of the molecule is COC(=O)[C@@H](CNC(=O)Nc1ccc(C(N)=O)c(Cl)c1)c1ccccc1. The van der Waals surface area contributed by atoms with E-state index < -0.39 is 23.8 Å². The lowest BCUT2D eigenvalue weighted by atomic mass is 9.99. The van der Waals surface area contributed by atoms with Gasteiger partial charge in [0.1, 0.15) is 0 Å². The Hall–Kier alpha value is -3.06. The second-order valence-corrected chi connectivity index (χ2v) is 5.79. The van der Waals surface area contributed by atoms with Gasteiger partial charge in [-0.3, -0.25) is 9.59 Å². The Morgan fingerprint density at radius 3 is 2.42 bits per heavy atom. The molecule has 2 rings (SSSR count). The minimum atomic E-state index is -0.658. The third-order valence-electron chi connectivity index (χ3n) is 3.65. The average Bonchev–Trinajstić information content (AvgIpc) is 2.62. The highest BCUT2D eigenvalue weighted by Gasteiger charge is 2.22. The van der Waals surface area contributed by atoms with E-state index in [-0.39, 0.29) is 17.1 Å². The molecule has 0 unspecified atom stereocenters. The highest BCUT2D eigenvalue weighted by molar-refractivity contribution is 6.34. The summed E-state index contributed by atoms with van der Waals surface area (Å²) in [6.07, 6.45) is 0. The largest absolute Gasteiger partial charge is 0.468 e. The van der Waals surface area contributed by atoms with Crippen LogP contribution < -0.4 is 16.4 Å². The molecule has 2 aromatic rings. The highest BCUT2D eigenvalue weighted by Crippen LogP contribution is 2.21. The van der Waals surface area contributed by atoms with Crippen LogP contribution in [0.5, 0.6) is 0 Å². The summed E-state index contributed by atoms with van der Waals surface area (Å²) < 4.78 is 4.80. The number of rotatable bonds is 6. The molecule has 0 fully saturated rings. The van der Waals surface area contributed by atoms with Gasteiger partial charge in [-0.15, -0.1) is 0 Å². The number of halogens is 1. The Morgan fingerprint density at radius 1 is 1.15 bits per heavy atom. The third-order valence-corrected chi connectivity index (χ3v) is 3.96. The zero-order chi connectivity index (χ0) is 19.1. The standard InChI is InChI=1S/C18H18ClN3O4/c1-26-17(24)14(11-5-3-2-4-6-11)10-21-18(25)22-12-7-8-13(16(20)23)15(19)9-12/h2-9,14H,10H2,1H3,(H2,20,23)(H2,21,22,25)/t14-/m0/s1. The van der Waals surface area contributed by atoms with Gasteiger partial charge in [0.15, 0.2) is 0 Å². The van der Waals surface area contributed by atoms with E-state index in [9.17, 15) is 14.4 Å². The normalized spacial score (nSPS) is 11.3. The maximum atomic E-state index is 12.1. The fourth-order valence-corrected chi connectivity index (χ4v) is 2.60. The monoisotopic (exact) mass is 375 g/mol. The number of ether oxygens (including phenoxy) is 1. The summed E-state index contributed by atoms with van der Waals surface area (Å²) in [5.74, 6) is -1.74. The van der Waals surface area contributed by atoms with Crippen LogP contribution in [0.2, 0.25) is 5.02 Å². The molecule has 8 heteroatoms. The van der Waals surface area contributed by atoms with Crippen LogP contribution in [-0.4, -0.2) is 31.6 Å². The molecule has 7 nitrogen and oxygen atoms in total. The van der Waals surface area contributed by atoms with Gasteiger partial charge in [0.05, 0.1) is 23.6 Å². The van der Waals surface area contributed by atoms with Crippen LogP contribution in [0, 0.1) is 0 Å². The first kappa shape index (κ1) is 19.3. The summed E-state index contributed by atoms with van der Waals surface area (Å²) in [6.45, 7) is 0.0512. The summed E-state index contributed by atoms with van der Waals surface area (Å²) in [6, 6.07) is 12.8. The summed E-state index contributed by atoms with van der Waals surface area (Å²) in [4.78, 5) is 35.2. The molecule has 0 spiro atoms. The van der Waals surface area contributed by atoms with Crippen molar-refractivity contribution < 1.29 is 19.1 Å². The van der Waals surface area contributed by atoms with Crippen LogP contribution in [0.25, 0.3) is 0 Å². The van der Waals surface area contributed by atoms with Crippen LogP contribution in [0.15, 0.2) is 48.5 Å². The van der Waals surface area contributed by atoms with E-state index in [2.05, 4.69) is 10.6 Å². The van der Waals surface area contributed by atoms with Gasteiger partial charge in [0, 0.05) is 12.2 Å². The van der Waals surface area contributed by atoms with Crippen molar-refractivity contribution in [3.05, 3.63) is 64.7 Å². The fourth-order valence-electron chi connectivity index (χ4n) is 2.33. The molecule has 0 bridgehead atoms. The van der Waals surface area contributed by atoms with Crippen molar-refractivity contribution in [2.45, 2.75) is 5.92 Å². The molecule has 0 radical (unpaired) electrons. The number of hydrogen-bond acceptors (Lipinski definition) is 4. The topological polar surface area (TPSA) is 111 Å². The first-order valence-electron chi connectivity index (χ1n) is 7.69. The van der Waals surface area contributed by atoms with Gasteiger partial charge in [0.2, 0.25) is 5.91 Å². The number of carbonyl (C=O) groups excluding carboxylic acids is 3. The van der Waals surface area contributed by atoms with E-state index in [0.29, 0.717) is 5.69 Å². The third kappa shape index (κ3) is 4.97. The lowest BCUT2D eigenvalue weighted by molar-refractivity contribution is -0.142. The Morgan fingerprint density at radius 2 is 1.85 bits per heavy atom. The molecular formula is C18H18ClN3O4. The summed E-state index contributed by atoms with van der Waals surface area (Å²) in [5, 5.41) is 5.32. The second-order valence-electron chi connectivity index (χ2n) is 5.38. The number of benzene rings is 2. The number of amides is 3. The van der Waals surface area contributed by atoms with E-state index in [1.165, 1.54) is 25.3 Å². The molecule has 136 valence electrons. The van der Waals surface area contributed by atoms with Crippen LogP contribution in [-0.2, 0) is 9.53 Å². The van der Waals surface area contributed by atoms with E-state index in [4.69, 9.17) is 22.1 Å². The second kappa shape index (κ2) is 8.87. The van der Waals surface area contributed by atoms with Gasteiger partial charge >= 0.3 is 12.0 Å². The number of esters is 1.